The van der Waals surface area contributed by atoms with Gasteiger partial charge in [-0.1, -0.05) is 63.2 Å². The predicted molar refractivity (Wildman–Crippen MR) is 143 cm³/mol. The summed E-state index contributed by atoms with van der Waals surface area (Å²) in [6.45, 7) is 6.44. The Hall–Kier alpha value is -3.13. The van der Waals surface area contributed by atoms with E-state index in [1.807, 2.05) is 24.3 Å². The average Bonchev–Trinajstić information content (AvgIpc) is 3.21. The van der Waals surface area contributed by atoms with Crippen molar-refractivity contribution in [3.8, 4) is 11.3 Å². The summed E-state index contributed by atoms with van der Waals surface area (Å²) in [6, 6.07) is 19.3. The maximum absolute atomic E-state index is 13.1. The lowest BCUT2D eigenvalue weighted by Gasteiger charge is -2.22. The summed E-state index contributed by atoms with van der Waals surface area (Å²) in [5.74, 6) is -3.36. The van der Waals surface area contributed by atoms with E-state index in [4.69, 9.17) is 0 Å². The van der Waals surface area contributed by atoms with Gasteiger partial charge < -0.3 is 0 Å². The van der Waals surface area contributed by atoms with Crippen LogP contribution in [0, 0.1) is 5.92 Å². The number of aryl methyl sites for hydroxylation is 1. The van der Waals surface area contributed by atoms with E-state index < -0.39 is 24.7 Å². The third-order valence-corrected chi connectivity index (χ3v) is 8.23. The molecule has 5 rings (SSSR count). The van der Waals surface area contributed by atoms with Crippen molar-refractivity contribution in [3.05, 3.63) is 78.0 Å². The van der Waals surface area contributed by atoms with E-state index in [2.05, 4.69) is 50.0 Å². The van der Waals surface area contributed by atoms with Crippen molar-refractivity contribution in [2.45, 2.75) is 51.4 Å². The van der Waals surface area contributed by atoms with E-state index in [9.17, 15) is 26.3 Å². The Morgan fingerprint density at radius 3 is 2.11 bits per heavy atom. The molecular formula is C30H25F6NS. The molecule has 198 valence electrons. The molecule has 0 amide bonds. The molecule has 1 nitrogen and oxygen atoms in total. The molecular weight excluding hydrogens is 520 g/mol. The number of hydrogen-bond acceptors (Lipinski definition) is 2. The van der Waals surface area contributed by atoms with Gasteiger partial charge in [-0.25, -0.2) is 0 Å². The summed E-state index contributed by atoms with van der Waals surface area (Å²) in [5, 5.41) is 3.91. The number of benzene rings is 3. The van der Waals surface area contributed by atoms with E-state index in [0.29, 0.717) is 10.3 Å². The molecule has 0 radical (unpaired) electrons. The van der Waals surface area contributed by atoms with Gasteiger partial charge in [0.2, 0.25) is 0 Å². The van der Waals surface area contributed by atoms with Crippen molar-refractivity contribution in [1.29, 1.82) is 0 Å². The molecule has 8 heteroatoms. The zero-order valence-corrected chi connectivity index (χ0v) is 21.8. The van der Waals surface area contributed by atoms with Crippen molar-refractivity contribution in [2.75, 3.05) is 0 Å². The summed E-state index contributed by atoms with van der Waals surface area (Å²) in [5.41, 5.74) is 3.17. The normalized spacial score (nSPS) is 13.3. The van der Waals surface area contributed by atoms with E-state index in [0.717, 1.165) is 43.1 Å². The first kappa shape index (κ1) is 26.5. The molecule has 0 saturated heterocycles. The van der Waals surface area contributed by atoms with Gasteiger partial charge in [-0.15, -0.1) is 11.3 Å². The topological polar surface area (TPSA) is 12.9 Å². The first-order chi connectivity index (χ1) is 17.7. The first-order valence-electron chi connectivity index (χ1n) is 12.2. The third-order valence-electron chi connectivity index (χ3n) is 6.93. The molecule has 0 bridgehead atoms. The highest BCUT2D eigenvalue weighted by molar-refractivity contribution is 7.26. The van der Waals surface area contributed by atoms with Crippen molar-refractivity contribution < 1.29 is 26.3 Å². The van der Waals surface area contributed by atoms with Gasteiger partial charge in [0.15, 0.2) is 5.92 Å². The Morgan fingerprint density at radius 1 is 0.763 bits per heavy atom. The van der Waals surface area contributed by atoms with Gasteiger partial charge >= 0.3 is 12.4 Å². The number of rotatable bonds is 4. The Labute approximate surface area is 220 Å². The molecule has 0 aliphatic carbocycles. The van der Waals surface area contributed by atoms with Crippen LogP contribution in [0.5, 0.6) is 0 Å². The highest BCUT2D eigenvalue weighted by atomic mass is 32.1. The van der Waals surface area contributed by atoms with Gasteiger partial charge in [0.05, 0.1) is 10.4 Å². The van der Waals surface area contributed by atoms with E-state index >= 15 is 0 Å². The number of hydrogen-bond donors (Lipinski definition) is 0. The summed E-state index contributed by atoms with van der Waals surface area (Å²) in [7, 11) is 0. The van der Waals surface area contributed by atoms with Crippen LogP contribution in [-0.4, -0.2) is 17.3 Å². The SMILES string of the molecule is CC(C)(C)c1cc(-c2nccc3c2sc2c(CCC(C(F)(F)F)C(F)(F)F)cccc23)cc2ccccc12. The molecule has 0 N–H and O–H groups in total. The molecule has 0 aliphatic rings. The Bertz CT molecular complexity index is 1630. The minimum Gasteiger partial charge on any atom is -0.255 e. The van der Waals surface area contributed by atoms with Crippen molar-refractivity contribution in [3.63, 3.8) is 0 Å². The zero-order valence-electron chi connectivity index (χ0n) is 21.0. The van der Waals surface area contributed by atoms with Crippen LogP contribution >= 0.6 is 11.3 Å². The van der Waals surface area contributed by atoms with Gasteiger partial charge in [-0.05, 0) is 58.4 Å². The van der Waals surface area contributed by atoms with E-state index in [-0.39, 0.29) is 11.8 Å². The molecule has 3 aromatic carbocycles. The number of halogens is 6. The smallest absolute Gasteiger partial charge is 0.255 e. The summed E-state index contributed by atoms with van der Waals surface area (Å²) in [4.78, 5) is 4.68. The summed E-state index contributed by atoms with van der Waals surface area (Å²) >= 11 is 1.37. The van der Waals surface area contributed by atoms with Crippen LogP contribution in [-0.2, 0) is 11.8 Å². The highest BCUT2D eigenvalue weighted by Crippen LogP contribution is 2.45. The molecule has 0 aliphatic heterocycles. The molecule has 0 saturated carbocycles. The van der Waals surface area contributed by atoms with Crippen LogP contribution in [0.15, 0.2) is 66.9 Å². The summed E-state index contributed by atoms with van der Waals surface area (Å²) < 4.78 is 80.4. The number of fused-ring (bicyclic) bond motifs is 4. The molecule has 0 unspecified atom stereocenters. The van der Waals surface area contributed by atoms with Crippen LogP contribution in [0.1, 0.15) is 38.3 Å². The fraction of sp³-hybridized carbons (Fsp3) is 0.300. The van der Waals surface area contributed by atoms with Gasteiger partial charge in [0.25, 0.3) is 0 Å². The second kappa shape index (κ2) is 9.26. The number of thiophene rings is 1. The molecule has 38 heavy (non-hydrogen) atoms. The largest absolute Gasteiger partial charge is 0.400 e. The Kier molecular flexibility index (Phi) is 6.45. The maximum atomic E-state index is 13.1. The molecule has 2 heterocycles. The molecule has 0 spiro atoms. The molecule has 0 atom stereocenters. The fourth-order valence-electron chi connectivity index (χ4n) is 5.07. The van der Waals surface area contributed by atoms with Crippen molar-refractivity contribution in [2.24, 2.45) is 5.92 Å². The van der Waals surface area contributed by atoms with Crippen molar-refractivity contribution in [1.82, 2.24) is 4.98 Å². The minimum atomic E-state index is -5.34. The molecule has 0 fully saturated rings. The fourth-order valence-corrected chi connectivity index (χ4v) is 6.41. The molecule has 5 aromatic rings. The lowest BCUT2D eigenvalue weighted by molar-refractivity contribution is -0.285. The van der Waals surface area contributed by atoms with Gasteiger partial charge in [-0.3, -0.25) is 4.98 Å². The second-order valence-corrected chi connectivity index (χ2v) is 11.6. The quantitative estimate of drug-likeness (QED) is 0.205. The minimum absolute atomic E-state index is 0.135. The van der Waals surface area contributed by atoms with Crippen LogP contribution < -0.4 is 0 Å². The number of pyridine rings is 1. The maximum Gasteiger partial charge on any atom is 0.400 e. The molecule has 2 aromatic heterocycles. The van der Waals surface area contributed by atoms with E-state index in [1.165, 1.54) is 11.3 Å². The lowest BCUT2D eigenvalue weighted by atomic mass is 9.82. The predicted octanol–water partition coefficient (Wildman–Crippen LogP) is 10.2. The lowest BCUT2D eigenvalue weighted by Crippen LogP contribution is -2.36. The average molecular weight is 546 g/mol. The number of nitrogens with zero attached hydrogens (tertiary/aromatic N) is 1. The van der Waals surface area contributed by atoms with Crippen LogP contribution in [0.3, 0.4) is 0 Å². The number of aromatic nitrogens is 1. The monoisotopic (exact) mass is 545 g/mol. The van der Waals surface area contributed by atoms with Gasteiger partial charge in [0, 0.05) is 27.2 Å². The van der Waals surface area contributed by atoms with E-state index in [1.54, 1.807) is 18.3 Å². The Morgan fingerprint density at radius 2 is 1.42 bits per heavy atom. The number of alkyl halides is 6. The van der Waals surface area contributed by atoms with Crippen molar-refractivity contribution >= 4 is 42.3 Å². The first-order valence-corrected chi connectivity index (χ1v) is 13.0. The van der Waals surface area contributed by atoms with Crippen LogP contribution in [0.2, 0.25) is 0 Å². The standard InChI is InChI=1S/C30H25F6NS/c1-28(2,3)23-16-19(15-18-7-4-5-9-20(18)23)25-27-22(13-14-37-25)21-10-6-8-17(26(21)38-27)11-12-24(29(31,32)33)30(34,35)36/h4-10,13-16,24H,11-12H2,1-3H3. The Balaban J connectivity index is 1.65. The van der Waals surface area contributed by atoms with Crippen LogP contribution in [0.25, 0.3) is 42.2 Å². The zero-order chi connectivity index (χ0) is 27.5. The van der Waals surface area contributed by atoms with Gasteiger partial charge in [-0.2, -0.15) is 26.3 Å². The highest BCUT2D eigenvalue weighted by Gasteiger charge is 2.55. The van der Waals surface area contributed by atoms with Gasteiger partial charge in [0.1, 0.15) is 0 Å². The second-order valence-electron chi connectivity index (χ2n) is 10.6. The summed E-state index contributed by atoms with van der Waals surface area (Å²) in [6.07, 6.45) is -10.4. The van der Waals surface area contributed by atoms with Crippen LogP contribution in [0.4, 0.5) is 26.3 Å². The third kappa shape index (κ3) is 4.86.